The third-order valence-electron chi connectivity index (χ3n) is 3.04. The fraction of sp³-hybridized carbons (Fsp3) is 0.615. The number of rotatable bonds is 9. The van der Waals surface area contributed by atoms with E-state index < -0.39 is 10.0 Å². The Balaban J connectivity index is 2.66. The van der Waals surface area contributed by atoms with Crippen LogP contribution in [0, 0.1) is 0 Å². The summed E-state index contributed by atoms with van der Waals surface area (Å²) in [5.41, 5.74) is 5.91. The van der Waals surface area contributed by atoms with Gasteiger partial charge in [0.05, 0.1) is 5.69 Å². The summed E-state index contributed by atoms with van der Waals surface area (Å²) >= 11 is 0. The van der Waals surface area contributed by atoms with Crippen LogP contribution in [0.4, 0.5) is 0 Å². The van der Waals surface area contributed by atoms with Gasteiger partial charge in [0, 0.05) is 25.8 Å². The van der Waals surface area contributed by atoms with Gasteiger partial charge in [0.25, 0.3) is 0 Å². The summed E-state index contributed by atoms with van der Waals surface area (Å²) in [5.74, 6) is 0. The molecule has 0 aromatic carbocycles. The SMILES string of the molecule is CCCN(CC)CCNS(=O)(=O)c1cccnc1CN. The highest BCUT2D eigenvalue weighted by molar-refractivity contribution is 7.89. The highest BCUT2D eigenvalue weighted by Gasteiger charge is 2.18. The van der Waals surface area contributed by atoms with Crippen LogP contribution in [0.25, 0.3) is 0 Å². The fourth-order valence-electron chi connectivity index (χ4n) is 1.98. The van der Waals surface area contributed by atoms with Gasteiger partial charge in [-0.25, -0.2) is 13.1 Å². The predicted molar refractivity (Wildman–Crippen MR) is 79.7 cm³/mol. The second-order valence-corrected chi connectivity index (χ2v) is 6.22. The largest absolute Gasteiger partial charge is 0.325 e. The molecule has 1 aromatic heterocycles. The third-order valence-corrected chi connectivity index (χ3v) is 4.57. The maximum Gasteiger partial charge on any atom is 0.242 e. The smallest absolute Gasteiger partial charge is 0.242 e. The van der Waals surface area contributed by atoms with Crippen molar-refractivity contribution in [1.29, 1.82) is 0 Å². The molecule has 20 heavy (non-hydrogen) atoms. The van der Waals surface area contributed by atoms with Crippen molar-refractivity contribution in [3.05, 3.63) is 24.0 Å². The van der Waals surface area contributed by atoms with Crippen molar-refractivity contribution in [2.24, 2.45) is 5.73 Å². The zero-order valence-electron chi connectivity index (χ0n) is 12.2. The maximum absolute atomic E-state index is 12.2. The third kappa shape index (κ3) is 4.82. The zero-order valence-corrected chi connectivity index (χ0v) is 13.0. The molecule has 114 valence electrons. The number of aromatic nitrogens is 1. The summed E-state index contributed by atoms with van der Waals surface area (Å²) in [5, 5.41) is 0. The van der Waals surface area contributed by atoms with Gasteiger partial charge in [-0.1, -0.05) is 13.8 Å². The van der Waals surface area contributed by atoms with Gasteiger partial charge in [0.15, 0.2) is 0 Å². The van der Waals surface area contributed by atoms with Crippen molar-refractivity contribution in [2.45, 2.75) is 31.7 Å². The van der Waals surface area contributed by atoms with Crippen molar-refractivity contribution in [3.8, 4) is 0 Å². The number of pyridine rings is 1. The predicted octanol–water partition coefficient (Wildman–Crippen LogP) is 0.551. The minimum Gasteiger partial charge on any atom is -0.325 e. The maximum atomic E-state index is 12.2. The van der Waals surface area contributed by atoms with Gasteiger partial charge >= 0.3 is 0 Å². The average molecular weight is 300 g/mol. The Hall–Kier alpha value is -1.02. The molecule has 0 bridgehead atoms. The van der Waals surface area contributed by atoms with E-state index >= 15 is 0 Å². The van der Waals surface area contributed by atoms with E-state index in [9.17, 15) is 8.42 Å². The van der Waals surface area contributed by atoms with E-state index in [1.807, 2.05) is 0 Å². The molecule has 0 saturated carbocycles. The van der Waals surface area contributed by atoms with Gasteiger partial charge in [0.2, 0.25) is 10.0 Å². The van der Waals surface area contributed by atoms with Crippen LogP contribution in [-0.4, -0.2) is 44.5 Å². The molecular formula is C13H24N4O2S. The zero-order chi connectivity index (χ0) is 15.0. The van der Waals surface area contributed by atoms with E-state index in [4.69, 9.17) is 5.73 Å². The van der Waals surface area contributed by atoms with E-state index in [0.29, 0.717) is 18.8 Å². The summed E-state index contributed by atoms with van der Waals surface area (Å²) in [7, 11) is -3.54. The van der Waals surface area contributed by atoms with Gasteiger partial charge in [-0.3, -0.25) is 4.98 Å². The molecule has 1 heterocycles. The average Bonchev–Trinajstić information content (AvgIpc) is 2.46. The standard InChI is InChI=1S/C13H24N4O2S/c1-3-9-17(4-2)10-8-16-20(18,19)13-6-5-7-15-12(13)11-14/h5-7,16H,3-4,8-11,14H2,1-2H3. The highest BCUT2D eigenvalue weighted by Crippen LogP contribution is 2.11. The minimum absolute atomic E-state index is 0.105. The molecule has 1 rings (SSSR count). The molecule has 0 fully saturated rings. The van der Waals surface area contributed by atoms with Crippen LogP contribution >= 0.6 is 0 Å². The summed E-state index contributed by atoms with van der Waals surface area (Å²) in [6, 6.07) is 3.13. The van der Waals surface area contributed by atoms with Crippen molar-refractivity contribution in [2.75, 3.05) is 26.2 Å². The lowest BCUT2D eigenvalue weighted by atomic mass is 10.3. The first-order chi connectivity index (χ1) is 9.55. The normalized spacial score (nSPS) is 12.0. The number of hydrogen-bond acceptors (Lipinski definition) is 5. The van der Waals surface area contributed by atoms with Gasteiger partial charge in [-0.2, -0.15) is 0 Å². The Morgan fingerprint density at radius 3 is 2.70 bits per heavy atom. The van der Waals surface area contributed by atoms with E-state index in [1.54, 1.807) is 12.3 Å². The minimum atomic E-state index is -3.54. The first-order valence-corrected chi connectivity index (χ1v) is 8.39. The van der Waals surface area contributed by atoms with Gasteiger partial charge in [0.1, 0.15) is 4.90 Å². The molecule has 0 unspecified atom stereocenters. The molecule has 0 amide bonds. The molecule has 3 N–H and O–H groups in total. The van der Waals surface area contributed by atoms with Crippen LogP contribution in [0.5, 0.6) is 0 Å². The van der Waals surface area contributed by atoms with Crippen molar-refractivity contribution in [1.82, 2.24) is 14.6 Å². The number of nitrogens with one attached hydrogen (secondary N) is 1. The molecule has 0 aliphatic heterocycles. The van der Waals surface area contributed by atoms with Crippen LogP contribution in [0.2, 0.25) is 0 Å². The van der Waals surface area contributed by atoms with Crippen LogP contribution in [0.3, 0.4) is 0 Å². The first kappa shape index (κ1) is 17.0. The van der Waals surface area contributed by atoms with Gasteiger partial charge in [-0.15, -0.1) is 0 Å². The Labute approximate surface area is 121 Å². The summed E-state index contributed by atoms with van der Waals surface area (Å²) < 4.78 is 27.0. The van der Waals surface area contributed by atoms with Crippen LogP contribution < -0.4 is 10.5 Å². The molecule has 1 aromatic rings. The summed E-state index contributed by atoms with van der Waals surface area (Å²) in [4.78, 5) is 6.37. The van der Waals surface area contributed by atoms with E-state index in [1.165, 1.54) is 6.07 Å². The number of nitrogens with two attached hydrogens (primary N) is 1. The molecule has 0 aliphatic rings. The molecule has 7 heteroatoms. The van der Waals surface area contributed by atoms with Crippen LogP contribution in [0.1, 0.15) is 26.0 Å². The van der Waals surface area contributed by atoms with Crippen LogP contribution in [-0.2, 0) is 16.6 Å². The molecule has 0 radical (unpaired) electrons. The van der Waals surface area contributed by atoms with Crippen molar-refractivity contribution >= 4 is 10.0 Å². The number of nitrogens with zero attached hydrogens (tertiary/aromatic N) is 2. The first-order valence-electron chi connectivity index (χ1n) is 6.91. The second-order valence-electron chi connectivity index (χ2n) is 4.48. The number of hydrogen-bond donors (Lipinski definition) is 2. The number of likely N-dealkylation sites (N-methyl/N-ethyl adjacent to an activating group) is 1. The Morgan fingerprint density at radius 2 is 2.10 bits per heavy atom. The van der Waals surface area contributed by atoms with Gasteiger partial charge in [-0.05, 0) is 31.6 Å². The highest BCUT2D eigenvalue weighted by atomic mass is 32.2. The second kappa shape index (κ2) is 8.31. The lowest BCUT2D eigenvalue weighted by Gasteiger charge is -2.19. The Morgan fingerprint density at radius 1 is 1.35 bits per heavy atom. The van der Waals surface area contributed by atoms with Crippen LogP contribution in [0.15, 0.2) is 23.2 Å². The molecule has 0 aliphatic carbocycles. The Kier molecular flexibility index (Phi) is 7.08. The number of sulfonamides is 1. The summed E-state index contributed by atoms with van der Waals surface area (Å²) in [6.07, 6.45) is 2.60. The monoisotopic (exact) mass is 300 g/mol. The lowest BCUT2D eigenvalue weighted by molar-refractivity contribution is 0.293. The molecule has 0 atom stereocenters. The topological polar surface area (TPSA) is 88.3 Å². The molecule has 0 saturated heterocycles. The molecular weight excluding hydrogens is 276 g/mol. The quantitative estimate of drug-likeness (QED) is 0.695. The van der Waals surface area contributed by atoms with E-state index in [0.717, 1.165) is 19.5 Å². The van der Waals surface area contributed by atoms with E-state index in [-0.39, 0.29) is 11.4 Å². The molecule has 0 spiro atoms. The van der Waals surface area contributed by atoms with Crippen molar-refractivity contribution < 1.29 is 8.42 Å². The lowest BCUT2D eigenvalue weighted by Crippen LogP contribution is -2.35. The van der Waals surface area contributed by atoms with Gasteiger partial charge < -0.3 is 10.6 Å². The summed E-state index contributed by atoms with van der Waals surface area (Å²) in [6.45, 7) is 7.24. The Bertz CT molecular complexity index is 505. The fourth-order valence-corrected chi connectivity index (χ4v) is 3.20. The van der Waals surface area contributed by atoms with E-state index in [2.05, 4.69) is 28.5 Å². The van der Waals surface area contributed by atoms with Crippen molar-refractivity contribution in [3.63, 3.8) is 0 Å². The molecule has 6 nitrogen and oxygen atoms in total.